The summed E-state index contributed by atoms with van der Waals surface area (Å²) in [5.41, 5.74) is 5.59. The zero-order valence-corrected chi connectivity index (χ0v) is 12.7. The second-order valence-electron chi connectivity index (χ2n) is 5.97. The molecule has 18 heavy (non-hydrogen) atoms. The third-order valence-electron chi connectivity index (χ3n) is 3.48. The molecule has 2 N–H and O–H groups in total. The van der Waals surface area contributed by atoms with Gasteiger partial charge >= 0.3 is 0 Å². The maximum atomic E-state index is 12.1. The SMILES string of the molecule is CC1COC(CN)CN1CCS(=O)(=O)C(C)(C)C. The topological polar surface area (TPSA) is 72.6 Å². The Kier molecular flexibility index (Phi) is 5.17. The molecule has 0 aromatic heterocycles. The van der Waals surface area contributed by atoms with Crippen LogP contribution in [0.5, 0.6) is 0 Å². The number of sulfone groups is 1. The summed E-state index contributed by atoms with van der Waals surface area (Å²) >= 11 is 0. The van der Waals surface area contributed by atoms with E-state index < -0.39 is 14.6 Å². The minimum atomic E-state index is -3.06. The Morgan fingerprint density at radius 2 is 2.00 bits per heavy atom. The van der Waals surface area contributed by atoms with Gasteiger partial charge in [-0.25, -0.2) is 8.42 Å². The summed E-state index contributed by atoms with van der Waals surface area (Å²) in [5, 5.41) is 0. The zero-order chi connectivity index (χ0) is 14.0. The van der Waals surface area contributed by atoms with Crippen molar-refractivity contribution < 1.29 is 13.2 Å². The van der Waals surface area contributed by atoms with Gasteiger partial charge in [-0.15, -0.1) is 0 Å². The second kappa shape index (κ2) is 5.86. The van der Waals surface area contributed by atoms with Gasteiger partial charge in [-0.1, -0.05) is 0 Å². The van der Waals surface area contributed by atoms with Crippen molar-refractivity contribution in [2.24, 2.45) is 5.73 Å². The highest BCUT2D eigenvalue weighted by molar-refractivity contribution is 7.92. The monoisotopic (exact) mass is 278 g/mol. The highest BCUT2D eigenvalue weighted by Gasteiger charge is 2.31. The molecule has 0 spiro atoms. The summed E-state index contributed by atoms with van der Waals surface area (Å²) in [4.78, 5) is 2.16. The molecule has 1 saturated heterocycles. The van der Waals surface area contributed by atoms with E-state index in [1.807, 2.05) is 0 Å². The number of ether oxygens (including phenoxy) is 1. The summed E-state index contributed by atoms with van der Waals surface area (Å²) in [7, 11) is -3.06. The molecule has 0 bridgehead atoms. The van der Waals surface area contributed by atoms with Crippen molar-refractivity contribution in [2.75, 3.05) is 32.0 Å². The lowest BCUT2D eigenvalue weighted by atomic mass is 10.2. The number of rotatable bonds is 4. The fraction of sp³-hybridized carbons (Fsp3) is 1.00. The van der Waals surface area contributed by atoms with Crippen LogP contribution in [-0.4, -0.2) is 62.2 Å². The quantitative estimate of drug-likeness (QED) is 0.798. The van der Waals surface area contributed by atoms with Gasteiger partial charge in [-0.2, -0.15) is 0 Å². The Balaban J connectivity index is 2.57. The van der Waals surface area contributed by atoms with Gasteiger partial charge in [0.15, 0.2) is 9.84 Å². The van der Waals surface area contributed by atoms with Crippen LogP contribution in [-0.2, 0) is 14.6 Å². The van der Waals surface area contributed by atoms with Crippen LogP contribution < -0.4 is 5.73 Å². The molecule has 5 nitrogen and oxygen atoms in total. The lowest BCUT2D eigenvalue weighted by Gasteiger charge is -2.38. The molecule has 0 radical (unpaired) electrons. The fourth-order valence-corrected chi connectivity index (χ4v) is 2.96. The molecule has 1 heterocycles. The average molecular weight is 278 g/mol. The summed E-state index contributed by atoms with van der Waals surface area (Å²) < 4.78 is 29.0. The van der Waals surface area contributed by atoms with E-state index >= 15 is 0 Å². The predicted molar refractivity (Wildman–Crippen MR) is 73.4 cm³/mol. The van der Waals surface area contributed by atoms with E-state index in [9.17, 15) is 8.42 Å². The number of nitrogens with zero attached hydrogens (tertiary/aromatic N) is 1. The molecule has 2 atom stereocenters. The normalized spacial score (nSPS) is 27.4. The van der Waals surface area contributed by atoms with Crippen molar-refractivity contribution in [3.63, 3.8) is 0 Å². The van der Waals surface area contributed by atoms with Gasteiger partial charge in [0.05, 0.1) is 23.2 Å². The zero-order valence-electron chi connectivity index (χ0n) is 11.8. The van der Waals surface area contributed by atoms with Crippen molar-refractivity contribution in [3.8, 4) is 0 Å². The average Bonchev–Trinajstić information content (AvgIpc) is 2.26. The maximum absolute atomic E-state index is 12.1. The third-order valence-corrected chi connectivity index (χ3v) is 6.06. The van der Waals surface area contributed by atoms with Crippen LogP contribution in [0, 0.1) is 0 Å². The molecule has 1 aliphatic heterocycles. The van der Waals surface area contributed by atoms with Crippen LogP contribution in [0.4, 0.5) is 0 Å². The summed E-state index contributed by atoms with van der Waals surface area (Å²) in [6.45, 7) is 9.66. The Bertz CT molecular complexity index is 362. The lowest BCUT2D eigenvalue weighted by Crippen LogP contribution is -2.52. The number of hydrogen-bond acceptors (Lipinski definition) is 5. The number of hydrogen-bond donors (Lipinski definition) is 1. The largest absolute Gasteiger partial charge is 0.374 e. The summed E-state index contributed by atoms with van der Waals surface area (Å²) in [5.74, 6) is 0.193. The van der Waals surface area contributed by atoms with Crippen molar-refractivity contribution in [2.45, 2.75) is 44.6 Å². The van der Waals surface area contributed by atoms with Crippen molar-refractivity contribution in [3.05, 3.63) is 0 Å². The second-order valence-corrected chi connectivity index (χ2v) is 8.83. The van der Waals surface area contributed by atoms with Gasteiger partial charge < -0.3 is 10.5 Å². The van der Waals surface area contributed by atoms with E-state index in [1.54, 1.807) is 20.8 Å². The Hall–Kier alpha value is -0.170. The van der Waals surface area contributed by atoms with Gasteiger partial charge in [0.1, 0.15) is 0 Å². The van der Waals surface area contributed by atoms with Crippen LogP contribution in [0.25, 0.3) is 0 Å². The van der Waals surface area contributed by atoms with Crippen LogP contribution in [0.2, 0.25) is 0 Å². The molecule has 0 aromatic carbocycles. The number of nitrogens with two attached hydrogens (primary N) is 1. The smallest absolute Gasteiger partial charge is 0.156 e. The van der Waals surface area contributed by atoms with Crippen LogP contribution in [0.15, 0.2) is 0 Å². The first-order valence-electron chi connectivity index (χ1n) is 6.45. The van der Waals surface area contributed by atoms with Gasteiger partial charge in [0.2, 0.25) is 0 Å². The van der Waals surface area contributed by atoms with E-state index in [1.165, 1.54) is 0 Å². The van der Waals surface area contributed by atoms with Gasteiger partial charge in [-0.3, -0.25) is 4.90 Å². The Morgan fingerprint density at radius 1 is 1.39 bits per heavy atom. The van der Waals surface area contributed by atoms with Crippen LogP contribution >= 0.6 is 0 Å². The van der Waals surface area contributed by atoms with E-state index in [4.69, 9.17) is 10.5 Å². The summed E-state index contributed by atoms with van der Waals surface area (Å²) in [6.07, 6.45) is 0.0264. The molecule has 1 fully saturated rings. The molecule has 1 aliphatic rings. The molecule has 2 unspecified atom stereocenters. The Morgan fingerprint density at radius 3 is 2.50 bits per heavy atom. The molecule has 0 aromatic rings. The van der Waals surface area contributed by atoms with Crippen molar-refractivity contribution >= 4 is 9.84 Å². The predicted octanol–water partition coefficient (Wildman–Crippen LogP) is 0.248. The van der Waals surface area contributed by atoms with E-state index in [0.717, 1.165) is 6.54 Å². The molecular formula is C12H26N2O3S. The minimum absolute atomic E-state index is 0.0264. The van der Waals surface area contributed by atoms with Gasteiger partial charge in [0, 0.05) is 25.7 Å². The minimum Gasteiger partial charge on any atom is -0.374 e. The standard InChI is InChI=1S/C12H26N2O3S/c1-10-9-17-11(7-13)8-14(10)5-6-18(15,16)12(2,3)4/h10-11H,5-9,13H2,1-4H3. The lowest BCUT2D eigenvalue weighted by molar-refractivity contribution is -0.0511. The van der Waals surface area contributed by atoms with E-state index in [2.05, 4.69) is 11.8 Å². The molecule has 6 heteroatoms. The molecule has 0 aliphatic carbocycles. The maximum Gasteiger partial charge on any atom is 0.156 e. The first-order valence-corrected chi connectivity index (χ1v) is 8.10. The molecule has 108 valence electrons. The Labute approximate surface area is 111 Å². The first kappa shape index (κ1) is 15.9. The van der Waals surface area contributed by atoms with E-state index in [0.29, 0.717) is 19.7 Å². The molecule has 1 rings (SSSR count). The summed E-state index contributed by atoms with van der Waals surface area (Å²) in [6, 6.07) is 0.253. The van der Waals surface area contributed by atoms with Crippen LogP contribution in [0.1, 0.15) is 27.7 Å². The molecular weight excluding hydrogens is 252 g/mol. The van der Waals surface area contributed by atoms with Crippen molar-refractivity contribution in [1.82, 2.24) is 4.90 Å². The first-order chi connectivity index (χ1) is 8.17. The molecule has 0 saturated carbocycles. The molecule has 0 amide bonds. The van der Waals surface area contributed by atoms with Gasteiger partial charge in [-0.05, 0) is 27.7 Å². The highest BCUT2D eigenvalue weighted by Crippen LogP contribution is 2.17. The van der Waals surface area contributed by atoms with Crippen LogP contribution in [0.3, 0.4) is 0 Å². The fourth-order valence-electron chi connectivity index (χ4n) is 1.87. The van der Waals surface area contributed by atoms with Gasteiger partial charge in [0.25, 0.3) is 0 Å². The third kappa shape index (κ3) is 3.91. The highest BCUT2D eigenvalue weighted by atomic mass is 32.2. The number of morpholine rings is 1. The van der Waals surface area contributed by atoms with E-state index in [-0.39, 0.29) is 17.9 Å². The van der Waals surface area contributed by atoms with Crippen molar-refractivity contribution in [1.29, 1.82) is 0 Å².